The summed E-state index contributed by atoms with van der Waals surface area (Å²) in [5, 5.41) is 10.7. The number of halogens is 4. The van der Waals surface area contributed by atoms with Crippen LogP contribution in [0.3, 0.4) is 0 Å². The molecule has 0 unspecified atom stereocenters. The average molecular weight is 378 g/mol. The summed E-state index contributed by atoms with van der Waals surface area (Å²) in [4.78, 5) is 17.3. The number of thiophene rings is 1. The first-order valence-electron chi connectivity index (χ1n) is 7.37. The lowest BCUT2D eigenvalue weighted by Crippen LogP contribution is -2.45. The van der Waals surface area contributed by atoms with E-state index in [1.54, 1.807) is 0 Å². The second-order valence-electron chi connectivity index (χ2n) is 5.66. The van der Waals surface area contributed by atoms with Crippen molar-refractivity contribution < 1.29 is 32.2 Å². The summed E-state index contributed by atoms with van der Waals surface area (Å²) in [6.45, 7) is -0.107. The fourth-order valence-corrected chi connectivity index (χ4v) is 3.74. The number of aliphatic hydroxyl groups excluding tert-OH is 1. The standard InChI is InChI=1S/C15H14F4N2O3S/c1-24-14(23)7-6-25-13-8(15(17,18)19)4-11(20-12(7)13)21-3-2-10(22)9(16)5-21/h4,6,9-10,22H,2-3,5H2,1H3/t9-,10-/m0/s1. The zero-order valence-corrected chi connectivity index (χ0v) is 13.8. The number of fused-ring (bicyclic) bond motifs is 1. The molecule has 1 aliphatic heterocycles. The van der Waals surface area contributed by atoms with Gasteiger partial charge in [-0.1, -0.05) is 0 Å². The van der Waals surface area contributed by atoms with Gasteiger partial charge in [-0.05, 0) is 12.5 Å². The number of anilines is 1. The molecule has 3 heterocycles. The van der Waals surface area contributed by atoms with E-state index in [0.717, 1.165) is 24.5 Å². The van der Waals surface area contributed by atoms with E-state index >= 15 is 0 Å². The third-order valence-electron chi connectivity index (χ3n) is 4.05. The molecule has 0 bridgehead atoms. The largest absolute Gasteiger partial charge is 0.465 e. The maximum absolute atomic E-state index is 13.7. The molecule has 0 saturated carbocycles. The number of piperidine rings is 1. The van der Waals surface area contributed by atoms with E-state index in [0.29, 0.717) is 0 Å². The van der Waals surface area contributed by atoms with Crippen LogP contribution < -0.4 is 4.90 Å². The monoisotopic (exact) mass is 378 g/mol. The molecule has 0 amide bonds. The Morgan fingerprint density at radius 2 is 2.20 bits per heavy atom. The van der Waals surface area contributed by atoms with Gasteiger partial charge in [-0.15, -0.1) is 11.3 Å². The van der Waals surface area contributed by atoms with Crippen molar-refractivity contribution in [3.05, 3.63) is 22.6 Å². The topological polar surface area (TPSA) is 62.7 Å². The van der Waals surface area contributed by atoms with Crippen LogP contribution in [0, 0.1) is 0 Å². The first kappa shape index (κ1) is 17.9. The molecular formula is C15H14F4N2O3S. The molecule has 5 nitrogen and oxygen atoms in total. The Morgan fingerprint density at radius 3 is 2.80 bits per heavy atom. The van der Waals surface area contributed by atoms with Crippen molar-refractivity contribution in [3.8, 4) is 0 Å². The van der Waals surface area contributed by atoms with Gasteiger partial charge in [-0.2, -0.15) is 13.2 Å². The summed E-state index contributed by atoms with van der Waals surface area (Å²) in [6, 6.07) is 0.852. The lowest BCUT2D eigenvalue weighted by atomic mass is 10.1. The Kier molecular flexibility index (Phi) is 4.58. The highest BCUT2D eigenvalue weighted by molar-refractivity contribution is 7.17. The molecule has 136 valence electrons. The highest BCUT2D eigenvalue weighted by Gasteiger charge is 2.37. The minimum atomic E-state index is -4.65. The number of methoxy groups -OCH3 is 1. The Morgan fingerprint density at radius 1 is 1.48 bits per heavy atom. The molecule has 3 rings (SSSR count). The van der Waals surface area contributed by atoms with Crippen LogP contribution in [0.1, 0.15) is 22.3 Å². The van der Waals surface area contributed by atoms with Gasteiger partial charge < -0.3 is 14.7 Å². The van der Waals surface area contributed by atoms with E-state index in [1.807, 2.05) is 0 Å². The van der Waals surface area contributed by atoms with Gasteiger partial charge in [-0.3, -0.25) is 0 Å². The van der Waals surface area contributed by atoms with Gasteiger partial charge in [-0.25, -0.2) is 14.2 Å². The highest BCUT2D eigenvalue weighted by atomic mass is 32.1. The van der Waals surface area contributed by atoms with Crippen molar-refractivity contribution in [1.29, 1.82) is 0 Å². The Labute approximate surface area is 143 Å². The van der Waals surface area contributed by atoms with Crippen LogP contribution in [0.4, 0.5) is 23.4 Å². The summed E-state index contributed by atoms with van der Waals surface area (Å²) in [5.41, 5.74) is -1.12. The molecule has 0 aliphatic carbocycles. The summed E-state index contributed by atoms with van der Waals surface area (Å²) < 4.78 is 58.4. The first-order chi connectivity index (χ1) is 11.7. The number of rotatable bonds is 2. The Hall–Kier alpha value is -1.94. The highest BCUT2D eigenvalue weighted by Crippen LogP contribution is 2.40. The fourth-order valence-electron chi connectivity index (χ4n) is 2.72. The van der Waals surface area contributed by atoms with Crippen molar-refractivity contribution in [2.75, 3.05) is 25.1 Å². The lowest BCUT2D eigenvalue weighted by Gasteiger charge is -2.33. The number of alkyl halides is 4. The van der Waals surface area contributed by atoms with Crippen molar-refractivity contribution in [2.24, 2.45) is 0 Å². The minimum Gasteiger partial charge on any atom is -0.465 e. The molecule has 2 aromatic rings. The van der Waals surface area contributed by atoms with E-state index in [-0.39, 0.29) is 41.1 Å². The number of carbonyl (C=O) groups is 1. The molecule has 1 fully saturated rings. The second-order valence-corrected chi connectivity index (χ2v) is 6.54. The smallest absolute Gasteiger partial charge is 0.417 e. The molecule has 1 saturated heterocycles. The van der Waals surface area contributed by atoms with Gasteiger partial charge in [0.15, 0.2) is 0 Å². The lowest BCUT2D eigenvalue weighted by molar-refractivity contribution is -0.136. The van der Waals surface area contributed by atoms with E-state index < -0.39 is 30.0 Å². The number of pyridine rings is 1. The molecule has 10 heteroatoms. The fraction of sp³-hybridized carbons (Fsp3) is 0.467. The number of aliphatic hydroxyl groups is 1. The maximum atomic E-state index is 13.7. The second kappa shape index (κ2) is 6.41. The van der Waals surface area contributed by atoms with Crippen LogP contribution in [0.25, 0.3) is 10.2 Å². The molecule has 1 aliphatic rings. The third-order valence-corrected chi connectivity index (χ3v) is 5.05. The van der Waals surface area contributed by atoms with Crippen LogP contribution in [0.15, 0.2) is 11.4 Å². The number of nitrogens with zero attached hydrogens (tertiary/aromatic N) is 2. The predicted octanol–water partition coefficient (Wildman–Crippen LogP) is 3.01. The number of carbonyl (C=O) groups excluding carboxylic acids is 1. The first-order valence-corrected chi connectivity index (χ1v) is 8.25. The molecule has 0 radical (unpaired) electrons. The normalized spacial score (nSPS) is 21.6. The summed E-state index contributed by atoms with van der Waals surface area (Å²) in [7, 11) is 1.13. The molecule has 25 heavy (non-hydrogen) atoms. The maximum Gasteiger partial charge on any atom is 0.417 e. The van der Waals surface area contributed by atoms with Crippen molar-refractivity contribution >= 4 is 33.3 Å². The van der Waals surface area contributed by atoms with Crippen molar-refractivity contribution in [1.82, 2.24) is 4.98 Å². The number of hydrogen-bond acceptors (Lipinski definition) is 6. The van der Waals surface area contributed by atoms with Gasteiger partial charge >= 0.3 is 12.1 Å². The van der Waals surface area contributed by atoms with Gasteiger partial charge in [0.25, 0.3) is 0 Å². The molecule has 0 aromatic carbocycles. The van der Waals surface area contributed by atoms with Crippen LogP contribution in [-0.2, 0) is 10.9 Å². The summed E-state index contributed by atoms with van der Waals surface area (Å²) in [6.07, 6.45) is -7.30. The average Bonchev–Trinajstić information content (AvgIpc) is 2.98. The number of aromatic nitrogens is 1. The van der Waals surface area contributed by atoms with E-state index in [1.165, 1.54) is 10.3 Å². The van der Waals surface area contributed by atoms with Crippen LogP contribution in [-0.4, -0.2) is 48.5 Å². The molecular weight excluding hydrogens is 364 g/mol. The third kappa shape index (κ3) is 3.28. The Balaban J connectivity index is 2.14. The summed E-state index contributed by atoms with van der Waals surface area (Å²) >= 11 is 0.752. The van der Waals surface area contributed by atoms with E-state index in [2.05, 4.69) is 9.72 Å². The number of ether oxygens (including phenoxy) is 1. The van der Waals surface area contributed by atoms with Crippen LogP contribution in [0.5, 0.6) is 0 Å². The Bertz CT molecular complexity index is 808. The molecule has 2 atom stereocenters. The van der Waals surface area contributed by atoms with Gasteiger partial charge in [0, 0.05) is 11.9 Å². The number of hydrogen-bond donors (Lipinski definition) is 1. The zero-order chi connectivity index (χ0) is 18.4. The van der Waals surface area contributed by atoms with Gasteiger partial charge in [0.1, 0.15) is 12.0 Å². The van der Waals surface area contributed by atoms with Crippen molar-refractivity contribution in [2.45, 2.75) is 24.9 Å². The van der Waals surface area contributed by atoms with Crippen LogP contribution >= 0.6 is 11.3 Å². The van der Waals surface area contributed by atoms with Gasteiger partial charge in [0.2, 0.25) is 0 Å². The van der Waals surface area contributed by atoms with E-state index in [4.69, 9.17) is 0 Å². The SMILES string of the molecule is COC(=O)c1csc2c(C(F)(F)F)cc(N3CC[C@H](O)[C@@H](F)C3)nc12. The summed E-state index contributed by atoms with van der Waals surface area (Å²) in [5.74, 6) is -0.876. The van der Waals surface area contributed by atoms with Crippen molar-refractivity contribution in [3.63, 3.8) is 0 Å². The zero-order valence-electron chi connectivity index (χ0n) is 13.0. The molecule has 1 N–H and O–H groups in total. The van der Waals surface area contributed by atoms with E-state index in [9.17, 15) is 27.5 Å². The van der Waals surface area contributed by atoms with Crippen LogP contribution in [0.2, 0.25) is 0 Å². The van der Waals surface area contributed by atoms with Gasteiger partial charge in [0.05, 0.1) is 41.1 Å². The molecule has 2 aromatic heterocycles. The molecule has 0 spiro atoms. The quantitative estimate of drug-likeness (QED) is 0.643. The predicted molar refractivity (Wildman–Crippen MR) is 83.7 cm³/mol. The number of esters is 1. The minimum absolute atomic E-state index is 0.0660.